The van der Waals surface area contributed by atoms with Gasteiger partial charge in [-0.1, -0.05) is 12.1 Å². The zero-order chi connectivity index (χ0) is 9.80. The Labute approximate surface area is 87.4 Å². The minimum Gasteiger partial charge on any atom is -0.237 e. The first-order valence-corrected chi connectivity index (χ1v) is 5.54. The maximum atomic E-state index is 4.20. The summed E-state index contributed by atoms with van der Waals surface area (Å²) in [5, 5.41) is 0. The second kappa shape index (κ2) is 4.24. The summed E-state index contributed by atoms with van der Waals surface area (Å²) in [6.07, 6.45) is 5.58. The third-order valence-corrected chi connectivity index (χ3v) is 2.62. The molecule has 0 amide bonds. The van der Waals surface area contributed by atoms with Gasteiger partial charge >= 0.3 is 0 Å². The molecule has 0 aliphatic heterocycles. The lowest BCUT2D eigenvalue weighted by Gasteiger charge is -2.00. The summed E-state index contributed by atoms with van der Waals surface area (Å²) in [6, 6.07) is 10.0. The molecule has 0 aliphatic rings. The molecular formula is C11H10N2S. The summed E-state index contributed by atoms with van der Waals surface area (Å²) in [5.41, 5.74) is 1.07. The molecule has 2 rings (SSSR count). The SMILES string of the molecule is CSc1cccc(-c2ncccn2)c1. The molecule has 0 fully saturated rings. The van der Waals surface area contributed by atoms with Crippen molar-refractivity contribution in [2.45, 2.75) is 4.90 Å². The summed E-state index contributed by atoms with van der Waals surface area (Å²) >= 11 is 1.72. The van der Waals surface area contributed by atoms with Crippen LogP contribution in [0.15, 0.2) is 47.6 Å². The summed E-state index contributed by atoms with van der Waals surface area (Å²) in [7, 11) is 0. The van der Waals surface area contributed by atoms with Crippen molar-refractivity contribution in [2.75, 3.05) is 6.26 Å². The van der Waals surface area contributed by atoms with Gasteiger partial charge in [0.1, 0.15) is 0 Å². The Hall–Kier alpha value is -1.35. The molecule has 0 saturated heterocycles. The maximum Gasteiger partial charge on any atom is 0.159 e. The molecule has 1 heterocycles. The van der Waals surface area contributed by atoms with Crippen LogP contribution in [0.25, 0.3) is 11.4 Å². The average Bonchev–Trinajstić information content (AvgIpc) is 2.30. The van der Waals surface area contributed by atoms with Crippen LogP contribution < -0.4 is 0 Å². The molecule has 3 heteroatoms. The van der Waals surface area contributed by atoms with Crippen molar-refractivity contribution < 1.29 is 0 Å². The van der Waals surface area contributed by atoms with E-state index in [1.165, 1.54) is 4.90 Å². The van der Waals surface area contributed by atoms with Gasteiger partial charge in [-0.3, -0.25) is 0 Å². The standard InChI is InChI=1S/C11H10N2S/c1-14-10-5-2-4-9(8-10)11-12-6-3-7-13-11/h2-8H,1H3. The fourth-order valence-electron chi connectivity index (χ4n) is 1.21. The zero-order valence-corrected chi connectivity index (χ0v) is 8.66. The number of aromatic nitrogens is 2. The van der Waals surface area contributed by atoms with Gasteiger partial charge < -0.3 is 0 Å². The van der Waals surface area contributed by atoms with Gasteiger partial charge in [-0.05, 0) is 24.5 Å². The Morgan fingerprint density at radius 3 is 2.57 bits per heavy atom. The predicted molar refractivity (Wildman–Crippen MR) is 59.2 cm³/mol. The number of benzene rings is 1. The highest BCUT2D eigenvalue weighted by Gasteiger charge is 1.99. The quantitative estimate of drug-likeness (QED) is 0.700. The highest BCUT2D eigenvalue weighted by Crippen LogP contribution is 2.21. The molecule has 2 nitrogen and oxygen atoms in total. The van der Waals surface area contributed by atoms with E-state index in [1.807, 2.05) is 18.2 Å². The Kier molecular flexibility index (Phi) is 2.79. The van der Waals surface area contributed by atoms with Crippen LogP contribution in [0.1, 0.15) is 0 Å². The molecule has 0 spiro atoms. The highest BCUT2D eigenvalue weighted by atomic mass is 32.2. The first-order valence-electron chi connectivity index (χ1n) is 4.31. The third-order valence-electron chi connectivity index (χ3n) is 1.89. The Morgan fingerprint density at radius 1 is 1.07 bits per heavy atom. The number of nitrogens with zero attached hydrogens (tertiary/aromatic N) is 2. The van der Waals surface area contributed by atoms with Crippen LogP contribution in [0.5, 0.6) is 0 Å². The van der Waals surface area contributed by atoms with Crippen LogP contribution in [-0.4, -0.2) is 16.2 Å². The minimum absolute atomic E-state index is 0.781. The smallest absolute Gasteiger partial charge is 0.159 e. The van der Waals surface area contributed by atoms with Gasteiger partial charge in [0.2, 0.25) is 0 Å². The molecular weight excluding hydrogens is 192 g/mol. The van der Waals surface area contributed by atoms with E-state index >= 15 is 0 Å². The van der Waals surface area contributed by atoms with Gasteiger partial charge in [0.25, 0.3) is 0 Å². The molecule has 2 aromatic rings. The van der Waals surface area contributed by atoms with Crippen LogP contribution in [0, 0.1) is 0 Å². The molecule has 0 saturated carbocycles. The van der Waals surface area contributed by atoms with Crippen molar-refractivity contribution in [1.29, 1.82) is 0 Å². The lowest BCUT2D eigenvalue weighted by Crippen LogP contribution is -1.86. The first-order chi connectivity index (χ1) is 6.90. The van der Waals surface area contributed by atoms with E-state index in [0.717, 1.165) is 11.4 Å². The van der Waals surface area contributed by atoms with Crippen LogP contribution in [0.3, 0.4) is 0 Å². The largest absolute Gasteiger partial charge is 0.237 e. The van der Waals surface area contributed by atoms with Gasteiger partial charge in [-0.2, -0.15) is 0 Å². The molecule has 1 aromatic carbocycles. The third kappa shape index (κ3) is 1.93. The molecule has 1 aromatic heterocycles. The molecule has 0 bridgehead atoms. The summed E-state index contributed by atoms with van der Waals surface area (Å²) < 4.78 is 0. The zero-order valence-electron chi connectivity index (χ0n) is 7.84. The van der Waals surface area contributed by atoms with Crippen molar-refractivity contribution in [1.82, 2.24) is 9.97 Å². The summed E-state index contributed by atoms with van der Waals surface area (Å²) in [6.45, 7) is 0. The van der Waals surface area contributed by atoms with Crippen molar-refractivity contribution in [2.24, 2.45) is 0 Å². The average molecular weight is 202 g/mol. The molecule has 0 unspecified atom stereocenters. The monoisotopic (exact) mass is 202 g/mol. The van der Waals surface area contributed by atoms with Crippen molar-refractivity contribution in [3.05, 3.63) is 42.7 Å². The van der Waals surface area contributed by atoms with Gasteiger partial charge in [0, 0.05) is 22.9 Å². The van der Waals surface area contributed by atoms with E-state index in [0.29, 0.717) is 0 Å². The van der Waals surface area contributed by atoms with E-state index < -0.39 is 0 Å². The topological polar surface area (TPSA) is 25.8 Å². The van der Waals surface area contributed by atoms with E-state index in [1.54, 1.807) is 24.2 Å². The fourth-order valence-corrected chi connectivity index (χ4v) is 1.67. The molecule has 0 aliphatic carbocycles. The lowest BCUT2D eigenvalue weighted by molar-refractivity contribution is 1.17. The lowest BCUT2D eigenvalue weighted by atomic mass is 10.2. The van der Waals surface area contributed by atoms with Crippen LogP contribution in [0.4, 0.5) is 0 Å². The number of rotatable bonds is 2. The second-order valence-corrected chi connectivity index (χ2v) is 3.68. The van der Waals surface area contributed by atoms with Gasteiger partial charge in [-0.25, -0.2) is 9.97 Å². The van der Waals surface area contributed by atoms with E-state index in [-0.39, 0.29) is 0 Å². The van der Waals surface area contributed by atoms with E-state index in [2.05, 4.69) is 28.4 Å². The fraction of sp³-hybridized carbons (Fsp3) is 0.0909. The van der Waals surface area contributed by atoms with Crippen molar-refractivity contribution >= 4 is 11.8 Å². The normalized spacial score (nSPS) is 10.1. The van der Waals surface area contributed by atoms with Crippen molar-refractivity contribution in [3.63, 3.8) is 0 Å². The molecule has 70 valence electrons. The maximum absolute atomic E-state index is 4.20. The molecule has 0 atom stereocenters. The first kappa shape index (κ1) is 9.21. The summed E-state index contributed by atoms with van der Waals surface area (Å²) in [5.74, 6) is 0.781. The van der Waals surface area contributed by atoms with Gasteiger partial charge in [0.15, 0.2) is 5.82 Å². The van der Waals surface area contributed by atoms with Crippen LogP contribution in [0.2, 0.25) is 0 Å². The Morgan fingerprint density at radius 2 is 1.86 bits per heavy atom. The molecule has 0 radical (unpaired) electrons. The second-order valence-electron chi connectivity index (χ2n) is 2.80. The van der Waals surface area contributed by atoms with Gasteiger partial charge in [-0.15, -0.1) is 11.8 Å². The Balaban J connectivity index is 2.42. The van der Waals surface area contributed by atoms with E-state index in [9.17, 15) is 0 Å². The molecule has 0 N–H and O–H groups in total. The predicted octanol–water partition coefficient (Wildman–Crippen LogP) is 2.87. The number of hydrogen-bond acceptors (Lipinski definition) is 3. The van der Waals surface area contributed by atoms with Crippen LogP contribution in [-0.2, 0) is 0 Å². The van der Waals surface area contributed by atoms with Crippen LogP contribution >= 0.6 is 11.8 Å². The van der Waals surface area contributed by atoms with E-state index in [4.69, 9.17) is 0 Å². The van der Waals surface area contributed by atoms with Crippen molar-refractivity contribution in [3.8, 4) is 11.4 Å². The Bertz CT molecular complexity index is 415. The molecule has 14 heavy (non-hydrogen) atoms. The number of thioether (sulfide) groups is 1. The minimum atomic E-state index is 0.781. The van der Waals surface area contributed by atoms with Gasteiger partial charge in [0.05, 0.1) is 0 Å². The highest BCUT2D eigenvalue weighted by molar-refractivity contribution is 7.98. The summed E-state index contributed by atoms with van der Waals surface area (Å²) in [4.78, 5) is 9.64. The number of hydrogen-bond donors (Lipinski definition) is 0.